The zero-order valence-corrected chi connectivity index (χ0v) is 10.3. The molecule has 0 spiro atoms. The Hall–Kier alpha value is -2.01. The number of hydrogen-bond acceptors (Lipinski definition) is 4. The average Bonchev–Trinajstić information content (AvgIpc) is 2.33. The van der Waals surface area contributed by atoms with Gasteiger partial charge < -0.3 is 15.8 Å². The van der Waals surface area contributed by atoms with E-state index < -0.39 is 5.82 Å². The minimum atomic E-state index is -0.464. The number of methoxy groups -OCH3 is 1. The molecule has 18 heavy (non-hydrogen) atoms. The molecule has 3 N–H and O–H groups in total. The number of anilines is 3. The largest absolute Gasteiger partial charge is 0.494 e. The van der Waals surface area contributed by atoms with Crippen molar-refractivity contribution in [3.63, 3.8) is 0 Å². The highest BCUT2D eigenvalue weighted by molar-refractivity contribution is 6.33. The molecule has 2 aromatic rings. The summed E-state index contributed by atoms with van der Waals surface area (Å²) < 4.78 is 18.3. The normalized spacial score (nSPS) is 10.2. The molecule has 1 heterocycles. The van der Waals surface area contributed by atoms with Crippen LogP contribution in [-0.2, 0) is 0 Å². The van der Waals surface area contributed by atoms with Crippen molar-refractivity contribution in [2.24, 2.45) is 0 Å². The van der Waals surface area contributed by atoms with Crippen molar-refractivity contribution in [2.75, 3.05) is 18.2 Å². The first-order valence-corrected chi connectivity index (χ1v) is 5.49. The van der Waals surface area contributed by atoms with Crippen molar-refractivity contribution < 1.29 is 9.13 Å². The van der Waals surface area contributed by atoms with Crippen LogP contribution in [0.2, 0.25) is 5.02 Å². The Kier molecular flexibility index (Phi) is 3.53. The van der Waals surface area contributed by atoms with Gasteiger partial charge >= 0.3 is 0 Å². The molecular weight excluding hydrogens is 257 g/mol. The van der Waals surface area contributed by atoms with Crippen LogP contribution in [0.1, 0.15) is 0 Å². The Balaban J connectivity index is 2.26. The highest BCUT2D eigenvalue weighted by Crippen LogP contribution is 2.27. The SMILES string of the molecule is COc1ccc(Nc2ncc(N)cc2Cl)cc1F. The minimum absolute atomic E-state index is 0.178. The summed E-state index contributed by atoms with van der Waals surface area (Å²) >= 11 is 5.95. The number of hydrogen-bond donors (Lipinski definition) is 2. The zero-order valence-electron chi connectivity index (χ0n) is 9.58. The average molecular weight is 268 g/mol. The summed E-state index contributed by atoms with van der Waals surface area (Å²) in [5.41, 5.74) is 6.52. The number of nitrogens with one attached hydrogen (secondary N) is 1. The number of rotatable bonds is 3. The second-order valence-electron chi connectivity index (χ2n) is 3.57. The van der Waals surface area contributed by atoms with Gasteiger partial charge in [0, 0.05) is 11.8 Å². The van der Waals surface area contributed by atoms with Crippen molar-refractivity contribution in [1.29, 1.82) is 0 Å². The first-order valence-electron chi connectivity index (χ1n) is 5.11. The van der Waals surface area contributed by atoms with Crippen molar-refractivity contribution in [3.05, 3.63) is 41.3 Å². The summed E-state index contributed by atoms with van der Waals surface area (Å²) in [4.78, 5) is 4.02. The molecule has 1 aromatic heterocycles. The molecule has 0 bridgehead atoms. The maximum atomic E-state index is 13.5. The van der Waals surface area contributed by atoms with Crippen LogP contribution in [0.15, 0.2) is 30.5 Å². The van der Waals surface area contributed by atoms with Crippen LogP contribution in [0.25, 0.3) is 0 Å². The maximum absolute atomic E-state index is 13.5. The minimum Gasteiger partial charge on any atom is -0.494 e. The molecule has 0 saturated carbocycles. The van der Waals surface area contributed by atoms with Gasteiger partial charge in [-0.3, -0.25) is 0 Å². The molecule has 0 amide bonds. The van der Waals surface area contributed by atoms with E-state index in [1.165, 1.54) is 25.4 Å². The fourth-order valence-electron chi connectivity index (χ4n) is 1.43. The lowest BCUT2D eigenvalue weighted by molar-refractivity contribution is 0.386. The molecule has 1 aromatic carbocycles. The molecular formula is C12H11ClFN3O. The van der Waals surface area contributed by atoms with Crippen molar-refractivity contribution >= 4 is 28.8 Å². The Morgan fingerprint density at radius 2 is 2.17 bits per heavy atom. The van der Waals surface area contributed by atoms with Crippen LogP contribution < -0.4 is 15.8 Å². The van der Waals surface area contributed by atoms with Gasteiger partial charge in [0.05, 0.1) is 24.0 Å². The van der Waals surface area contributed by atoms with Crippen LogP contribution in [0.5, 0.6) is 5.75 Å². The van der Waals surface area contributed by atoms with E-state index in [4.69, 9.17) is 22.1 Å². The Morgan fingerprint density at radius 1 is 1.39 bits per heavy atom. The highest BCUT2D eigenvalue weighted by Gasteiger charge is 2.06. The number of ether oxygens (including phenoxy) is 1. The lowest BCUT2D eigenvalue weighted by Gasteiger charge is -2.09. The molecule has 0 aliphatic carbocycles. The number of nitrogens with two attached hydrogens (primary N) is 1. The summed E-state index contributed by atoms with van der Waals surface area (Å²) in [6, 6.07) is 6.04. The molecule has 2 rings (SSSR count). The van der Waals surface area contributed by atoms with Gasteiger partial charge in [0.25, 0.3) is 0 Å². The summed E-state index contributed by atoms with van der Waals surface area (Å²) in [6.07, 6.45) is 1.47. The molecule has 0 atom stereocenters. The van der Waals surface area contributed by atoms with Crippen LogP contribution in [-0.4, -0.2) is 12.1 Å². The quantitative estimate of drug-likeness (QED) is 0.896. The second-order valence-corrected chi connectivity index (χ2v) is 3.98. The second kappa shape index (κ2) is 5.10. The van der Waals surface area contributed by atoms with E-state index in [0.29, 0.717) is 22.2 Å². The Labute approximate surface area is 109 Å². The highest BCUT2D eigenvalue weighted by atomic mass is 35.5. The molecule has 0 unspecified atom stereocenters. The van der Waals surface area contributed by atoms with Gasteiger partial charge in [0.1, 0.15) is 5.82 Å². The Morgan fingerprint density at radius 3 is 2.78 bits per heavy atom. The number of pyridine rings is 1. The van der Waals surface area contributed by atoms with Gasteiger partial charge in [-0.2, -0.15) is 0 Å². The van der Waals surface area contributed by atoms with Crippen LogP contribution in [0, 0.1) is 5.82 Å². The van der Waals surface area contributed by atoms with Crippen molar-refractivity contribution in [2.45, 2.75) is 0 Å². The lowest BCUT2D eigenvalue weighted by atomic mass is 10.3. The number of nitrogens with zero attached hydrogens (tertiary/aromatic N) is 1. The third-order valence-electron chi connectivity index (χ3n) is 2.28. The van der Waals surface area contributed by atoms with E-state index in [0.717, 1.165) is 0 Å². The summed E-state index contributed by atoms with van der Waals surface area (Å²) in [5.74, 6) is 0.126. The van der Waals surface area contributed by atoms with Gasteiger partial charge in [0.15, 0.2) is 11.6 Å². The molecule has 94 valence electrons. The summed E-state index contributed by atoms with van der Waals surface area (Å²) in [7, 11) is 1.41. The predicted octanol–water partition coefficient (Wildman–Crippen LogP) is 3.21. The van der Waals surface area contributed by atoms with Crippen LogP contribution in [0.4, 0.5) is 21.6 Å². The number of benzene rings is 1. The summed E-state index contributed by atoms with van der Waals surface area (Å²) in [5, 5.41) is 3.26. The van der Waals surface area contributed by atoms with Gasteiger partial charge in [0.2, 0.25) is 0 Å². The zero-order chi connectivity index (χ0) is 13.1. The monoisotopic (exact) mass is 267 g/mol. The van der Waals surface area contributed by atoms with E-state index in [2.05, 4.69) is 10.3 Å². The standard InChI is InChI=1S/C12H11ClFN3O/c1-18-11-3-2-8(5-10(11)14)17-12-9(13)4-7(15)6-16-12/h2-6H,15H2,1H3,(H,16,17). The van der Waals surface area contributed by atoms with Gasteiger partial charge in [-0.05, 0) is 18.2 Å². The fourth-order valence-corrected chi connectivity index (χ4v) is 1.65. The maximum Gasteiger partial charge on any atom is 0.167 e. The van der Waals surface area contributed by atoms with E-state index in [-0.39, 0.29) is 5.75 Å². The first kappa shape index (κ1) is 12.4. The van der Waals surface area contributed by atoms with Gasteiger partial charge in [-0.15, -0.1) is 0 Å². The van der Waals surface area contributed by atoms with Gasteiger partial charge in [-0.1, -0.05) is 11.6 Å². The smallest absolute Gasteiger partial charge is 0.167 e. The molecule has 0 aliphatic rings. The molecule has 0 saturated heterocycles. The fraction of sp³-hybridized carbons (Fsp3) is 0.0833. The number of halogens is 2. The van der Waals surface area contributed by atoms with E-state index in [1.807, 2.05) is 0 Å². The lowest BCUT2D eigenvalue weighted by Crippen LogP contribution is -1.97. The van der Waals surface area contributed by atoms with E-state index >= 15 is 0 Å². The number of nitrogen functional groups attached to an aromatic ring is 1. The van der Waals surface area contributed by atoms with Crippen LogP contribution in [0.3, 0.4) is 0 Å². The molecule has 0 radical (unpaired) electrons. The van der Waals surface area contributed by atoms with Gasteiger partial charge in [-0.25, -0.2) is 9.37 Å². The Bertz CT molecular complexity index is 577. The van der Waals surface area contributed by atoms with E-state index in [9.17, 15) is 4.39 Å². The van der Waals surface area contributed by atoms with Crippen molar-refractivity contribution in [1.82, 2.24) is 4.98 Å². The molecule has 4 nitrogen and oxygen atoms in total. The predicted molar refractivity (Wildman–Crippen MR) is 69.9 cm³/mol. The summed E-state index contributed by atoms with van der Waals surface area (Å²) in [6.45, 7) is 0. The number of aromatic nitrogens is 1. The van der Waals surface area contributed by atoms with Crippen molar-refractivity contribution in [3.8, 4) is 5.75 Å². The van der Waals surface area contributed by atoms with Crippen LogP contribution >= 0.6 is 11.6 Å². The first-order chi connectivity index (χ1) is 8.60. The van der Waals surface area contributed by atoms with E-state index in [1.54, 1.807) is 12.1 Å². The third kappa shape index (κ3) is 2.62. The third-order valence-corrected chi connectivity index (χ3v) is 2.56. The molecule has 0 aliphatic heterocycles. The topological polar surface area (TPSA) is 60.2 Å². The molecule has 0 fully saturated rings. The molecule has 6 heteroatoms.